The fourth-order valence-electron chi connectivity index (χ4n) is 4.58. The molecule has 0 unspecified atom stereocenters. The SMILES string of the molecule is CCCCCC(=S)NCC(=O)NCC[C@H]1[C@@H](C/C=C\CCCC(=O)O)[C@H]2CC[C@@H]1O2. The minimum Gasteiger partial charge on any atom is -0.481 e. The number of carboxylic acids is 1. The zero-order valence-corrected chi connectivity index (χ0v) is 19.1. The molecule has 2 saturated heterocycles. The van der Waals surface area contributed by atoms with Crippen molar-refractivity contribution in [2.45, 2.75) is 89.8 Å². The van der Waals surface area contributed by atoms with Crippen LogP contribution in [0.3, 0.4) is 0 Å². The van der Waals surface area contributed by atoms with Crippen LogP contribution in [0, 0.1) is 11.8 Å². The molecule has 0 aromatic rings. The molecule has 2 rings (SSSR count). The van der Waals surface area contributed by atoms with Gasteiger partial charge in [0.15, 0.2) is 0 Å². The highest BCUT2D eigenvalue weighted by Crippen LogP contribution is 2.46. The summed E-state index contributed by atoms with van der Waals surface area (Å²) in [7, 11) is 0. The Morgan fingerprint density at radius 2 is 1.83 bits per heavy atom. The summed E-state index contributed by atoms with van der Waals surface area (Å²) in [6, 6.07) is 0. The number of fused-ring (bicyclic) bond motifs is 2. The van der Waals surface area contributed by atoms with E-state index in [9.17, 15) is 9.59 Å². The molecule has 3 N–H and O–H groups in total. The van der Waals surface area contributed by atoms with Crippen LogP contribution in [0.25, 0.3) is 0 Å². The Labute approximate surface area is 186 Å². The first kappa shape index (κ1) is 24.8. The lowest BCUT2D eigenvalue weighted by atomic mass is 9.76. The van der Waals surface area contributed by atoms with Gasteiger partial charge < -0.3 is 20.5 Å². The summed E-state index contributed by atoms with van der Waals surface area (Å²) >= 11 is 5.27. The van der Waals surface area contributed by atoms with E-state index in [1.54, 1.807) is 0 Å². The first-order valence-electron chi connectivity index (χ1n) is 11.6. The van der Waals surface area contributed by atoms with Gasteiger partial charge in [0.2, 0.25) is 5.91 Å². The van der Waals surface area contributed by atoms with Gasteiger partial charge >= 0.3 is 5.97 Å². The van der Waals surface area contributed by atoms with E-state index in [1.165, 1.54) is 6.42 Å². The minimum absolute atomic E-state index is 0.00760. The maximum absolute atomic E-state index is 12.1. The Morgan fingerprint density at radius 1 is 1.07 bits per heavy atom. The molecule has 0 spiro atoms. The van der Waals surface area contributed by atoms with E-state index in [-0.39, 0.29) is 18.9 Å². The molecule has 0 aromatic heterocycles. The lowest BCUT2D eigenvalue weighted by molar-refractivity contribution is -0.137. The van der Waals surface area contributed by atoms with Crippen LogP contribution in [0.2, 0.25) is 0 Å². The maximum Gasteiger partial charge on any atom is 0.303 e. The van der Waals surface area contributed by atoms with Crippen molar-refractivity contribution in [3.8, 4) is 0 Å². The molecule has 0 aromatic carbocycles. The number of unbranched alkanes of at least 4 members (excludes halogenated alkanes) is 3. The molecule has 0 aliphatic carbocycles. The summed E-state index contributed by atoms with van der Waals surface area (Å²) in [5, 5.41) is 14.8. The van der Waals surface area contributed by atoms with Gasteiger partial charge in [-0.25, -0.2) is 0 Å². The van der Waals surface area contributed by atoms with Crippen molar-refractivity contribution in [3.63, 3.8) is 0 Å². The number of amides is 1. The number of hydrogen-bond donors (Lipinski definition) is 3. The van der Waals surface area contributed by atoms with Crippen LogP contribution in [0.15, 0.2) is 12.2 Å². The molecular formula is C23H38N2O4S. The van der Waals surface area contributed by atoms with Crippen molar-refractivity contribution < 1.29 is 19.4 Å². The van der Waals surface area contributed by atoms with Gasteiger partial charge in [0.1, 0.15) is 0 Å². The van der Waals surface area contributed by atoms with Gasteiger partial charge in [-0.2, -0.15) is 0 Å². The third-order valence-electron chi connectivity index (χ3n) is 6.18. The fraction of sp³-hybridized carbons (Fsp3) is 0.783. The minimum atomic E-state index is -0.736. The molecule has 0 saturated carbocycles. The van der Waals surface area contributed by atoms with E-state index in [4.69, 9.17) is 22.1 Å². The lowest BCUT2D eigenvalue weighted by Crippen LogP contribution is -2.38. The topological polar surface area (TPSA) is 87.7 Å². The summed E-state index contributed by atoms with van der Waals surface area (Å²) < 4.78 is 6.14. The molecule has 7 heteroatoms. The number of allylic oxidation sites excluding steroid dienone is 2. The Hall–Kier alpha value is -1.47. The van der Waals surface area contributed by atoms with E-state index in [0.717, 1.165) is 56.4 Å². The molecule has 2 heterocycles. The lowest BCUT2D eigenvalue weighted by Gasteiger charge is -2.27. The van der Waals surface area contributed by atoms with Gasteiger partial charge in [-0.05, 0) is 63.2 Å². The molecule has 6 nitrogen and oxygen atoms in total. The number of carbonyl (C=O) groups excluding carboxylic acids is 1. The Morgan fingerprint density at radius 3 is 2.57 bits per heavy atom. The standard InChI is InChI=1S/C23H38N2O4S/c1-2-3-6-10-22(30)25-16-21(26)24-15-14-18-17(19-12-13-20(18)29-19)9-7-4-5-8-11-23(27)28/h4,7,17-20H,2-3,5-6,8-16H2,1H3,(H,24,26)(H,25,30)(H,27,28)/b7-4-/t17-,18+,19-,20+/m1/s1. The Bertz CT molecular complexity index is 596. The van der Waals surface area contributed by atoms with E-state index < -0.39 is 5.97 Å². The number of ether oxygens (including phenoxy) is 1. The number of carboxylic acid groups (broad SMARTS) is 1. The third-order valence-corrected chi connectivity index (χ3v) is 6.53. The smallest absolute Gasteiger partial charge is 0.303 e. The molecule has 2 fully saturated rings. The summed E-state index contributed by atoms with van der Waals surface area (Å²) in [5.41, 5.74) is 0. The zero-order chi connectivity index (χ0) is 21.8. The van der Waals surface area contributed by atoms with Crippen LogP contribution in [0.1, 0.15) is 77.6 Å². The fourth-order valence-corrected chi connectivity index (χ4v) is 4.80. The van der Waals surface area contributed by atoms with E-state index in [0.29, 0.717) is 37.0 Å². The average molecular weight is 439 g/mol. The van der Waals surface area contributed by atoms with Crippen LogP contribution in [-0.4, -0.2) is 47.3 Å². The highest BCUT2D eigenvalue weighted by Gasteiger charge is 2.47. The van der Waals surface area contributed by atoms with E-state index in [2.05, 4.69) is 29.7 Å². The predicted molar refractivity (Wildman–Crippen MR) is 122 cm³/mol. The molecule has 2 aliphatic heterocycles. The molecular weight excluding hydrogens is 400 g/mol. The number of carbonyl (C=O) groups is 2. The molecule has 30 heavy (non-hydrogen) atoms. The average Bonchev–Trinajstić information content (AvgIpc) is 3.31. The van der Waals surface area contributed by atoms with Crippen LogP contribution in [0.4, 0.5) is 0 Å². The number of aliphatic carboxylic acids is 1. The van der Waals surface area contributed by atoms with Crippen LogP contribution >= 0.6 is 12.2 Å². The Kier molecular flexibility index (Phi) is 11.4. The van der Waals surface area contributed by atoms with Crippen LogP contribution in [-0.2, 0) is 14.3 Å². The second-order valence-corrected chi connectivity index (χ2v) is 8.98. The van der Waals surface area contributed by atoms with E-state index in [1.807, 2.05) is 0 Å². The number of thiocarbonyl (C=S) groups is 1. The van der Waals surface area contributed by atoms with Crippen molar-refractivity contribution in [2.75, 3.05) is 13.1 Å². The second-order valence-electron chi connectivity index (χ2n) is 8.48. The van der Waals surface area contributed by atoms with Crippen molar-refractivity contribution in [2.24, 2.45) is 11.8 Å². The quantitative estimate of drug-likeness (QED) is 0.204. The first-order chi connectivity index (χ1) is 14.5. The molecule has 1 amide bonds. The van der Waals surface area contributed by atoms with Gasteiger partial charge in [0, 0.05) is 13.0 Å². The van der Waals surface area contributed by atoms with Crippen molar-refractivity contribution >= 4 is 29.1 Å². The second kappa shape index (κ2) is 13.8. The molecule has 2 aliphatic rings. The number of rotatable bonds is 15. The van der Waals surface area contributed by atoms with Gasteiger partial charge in [-0.1, -0.05) is 44.1 Å². The van der Waals surface area contributed by atoms with Crippen molar-refractivity contribution in [3.05, 3.63) is 12.2 Å². The van der Waals surface area contributed by atoms with Gasteiger partial charge in [-0.3, -0.25) is 9.59 Å². The van der Waals surface area contributed by atoms with Crippen LogP contribution < -0.4 is 10.6 Å². The van der Waals surface area contributed by atoms with E-state index >= 15 is 0 Å². The highest BCUT2D eigenvalue weighted by molar-refractivity contribution is 7.80. The largest absolute Gasteiger partial charge is 0.481 e. The summed E-state index contributed by atoms with van der Waals surface area (Å²) in [4.78, 5) is 23.4. The number of nitrogens with one attached hydrogen (secondary N) is 2. The predicted octanol–water partition coefficient (Wildman–Crippen LogP) is 3.98. The van der Waals surface area contributed by atoms with Crippen LogP contribution in [0.5, 0.6) is 0 Å². The first-order valence-corrected chi connectivity index (χ1v) is 12.0. The Balaban J connectivity index is 1.64. The summed E-state index contributed by atoms with van der Waals surface area (Å²) in [6.07, 6.45) is 15.1. The van der Waals surface area contributed by atoms with Crippen molar-refractivity contribution in [1.29, 1.82) is 0 Å². The molecule has 2 bridgehead atoms. The van der Waals surface area contributed by atoms with Gasteiger partial charge in [0.05, 0.1) is 23.7 Å². The molecule has 170 valence electrons. The monoisotopic (exact) mass is 438 g/mol. The maximum atomic E-state index is 12.1. The molecule has 4 atom stereocenters. The molecule has 0 radical (unpaired) electrons. The van der Waals surface area contributed by atoms with Gasteiger partial charge in [0.25, 0.3) is 0 Å². The normalized spacial score (nSPS) is 25.0. The summed E-state index contributed by atoms with van der Waals surface area (Å²) in [5.74, 6) is 0.240. The zero-order valence-electron chi connectivity index (χ0n) is 18.2. The highest BCUT2D eigenvalue weighted by atomic mass is 32.1. The third kappa shape index (κ3) is 8.72. The summed E-state index contributed by atoms with van der Waals surface area (Å²) in [6.45, 7) is 3.08. The number of hydrogen-bond acceptors (Lipinski definition) is 4. The van der Waals surface area contributed by atoms with Crippen molar-refractivity contribution in [1.82, 2.24) is 10.6 Å². The van der Waals surface area contributed by atoms with Gasteiger partial charge in [-0.15, -0.1) is 0 Å².